The van der Waals surface area contributed by atoms with Gasteiger partial charge >= 0.3 is 0 Å². The Labute approximate surface area is 117 Å². The minimum atomic E-state index is 0.414. The van der Waals surface area contributed by atoms with E-state index in [1.54, 1.807) is 11.8 Å². The Hall–Kier alpha value is -1.77. The van der Waals surface area contributed by atoms with E-state index < -0.39 is 0 Å². The SMILES string of the molecule is CCn1c(CN)nnc1SCC#Cc1ccccc1. The zero-order valence-corrected chi connectivity index (χ0v) is 11.7. The molecule has 1 heterocycles. The summed E-state index contributed by atoms with van der Waals surface area (Å²) in [5, 5.41) is 9.07. The van der Waals surface area contributed by atoms with Crippen molar-refractivity contribution >= 4 is 11.8 Å². The molecule has 4 nitrogen and oxygen atoms in total. The van der Waals surface area contributed by atoms with Gasteiger partial charge < -0.3 is 10.3 Å². The molecule has 5 heteroatoms. The number of benzene rings is 1. The van der Waals surface area contributed by atoms with Crippen molar-refractivity contribution in [3.63, 3.8) is 0 Å². The Bertz CT molecular complexity index is 580. The van der Waals surface area contributed by atoms with Gasteiger partial charge in [0, 0.05) is 12.1 Å². The van der Waals surface area contributed by atoms with Crippen molar-refractivity contribution < 1.29 is 0 Å². The highest BCUT2D eigenvalue weighted by atomic mass is 32.2. The quantitative estimate of drug-likeness (QED) is 0.682. The van der Waals surface area contributed by atoms with Gasteiger partial charge in [-0.3, -0.25) is 0 Å². The van der Waals surface area contributed by atoms with Crippen LogP contribution in [-0.2, 0) is 13.1 Å². The maximum Gasteiger partial charge on any atom is 0.192 e. The lowest BCUT2D eigenvalue weighted by molar-refractivity contribution is 0.643. The lowest BCUT2D eigenvalue weighted by Gasteiger charge is -2.03. The number of nitrogens with zero attached hydrogens (tertiary/aromatic N) is 3. The van der Waals surface area contributed by atoms with Crippen molar-refractivity contribution in [3.05, 3.63) is 41.7 Å². The fraction of sp³-hybridized carbons (Fsp3) is 0.286. The highest BCUT2D eigenvalue weighted by Crippen LogP contribution is 2.16. The molecule has 0 fully saturated rings. The highest BCUT2D eigenvalue weighted by Gasteiger charge is 2.08. The molecule has 0 spiro atoms. The highest BCUT2D eigenvalue weighted by molar-refractivity contribution is 7.99. The van der Waals surface area contributed by atoms with Crippen LogP contribution in [0, 0.1) is 11.8 Å². The van der Waals surface area contributed by atoms with E-state index >= 15 is 0 Å². The third-order valence-electron chi connectivity index (χ3n) is 2.57. The Balaban J connectivity index is 1.97. The average Bonchev–Trinajstić information content (AvgIpc) is 2.86. The van der Waals surface area contributed by atoms with Gasteiger partial charge in [0.1, 0.15) is 5.82 Å². The first-order chi connectivity index (χ1) is 9.35. The molecule has 2 aromatic rings. The van der Waals surface area contributed by atoms with Gasteiger partial charge in [-0.15, -0.1) is 10.2 Å². The fourth-order valence-corrected chi connectivity index (χ4v) is 2.42. The molecular formula is C14H16N4S. The van der Waals surface area contributed by atoms with Gasteiger partial charge in [-0.05, 0) is 19.1 Å². The van der Waals surface area contributed by atoms with E-state index in [1.165, 1.54) is 0 Å². The van der Waals surface area contributed by atoms with Crippen LogP contribution in [0.1, 0.15) is 18.3 Å². The Morgan fingerprint density at radius 1 is 1.26 bits per heavy atom. The normalized spacial score (nSPS) is 10.0. The molecule has 0 saturated heterocycles. The Morgan fingerprint density at radius 3 is 2.74 bits per heavy atom. The molecule has 0 bridgehead atoms. The Morgan fingerprint density at radius 2 is 2.05 bits per heavy atom. The molecule has 0 radical (unpaired) electrons. The summed E-state index contributed by atoms with van der Waals surface area (Å²) in [6.07, 6.45) is 0. The summed E-state index contributed by atoms with van der Waals surface area (Å²) in [4.78, 5) is 0. The van der Waals surface area contributed by atoms with Gasteiger partial charge in [0.05, 0.1) is 12.3 Å². The van der Waals surface area contributed by atoms with E-state index in [4.69, 9.17) is 5.73 Å². The van der Waals surface area contributed by atoms with Gasteiger partial charge in [-0.2, -0.15) is 0 Å². The van der Waals surface area contributed by atoms with Crippen LogP contribution in [0.15, 0.2) is 35.5 Å². The van der Waals surface area contributed by atoms with Gasteiger partial charge in [0.2, 0.25) is 0 Å². The van der Waals surface area contributed by atoms with Crippen LogP contribution in [0.3, 0.4) is 0 Å². The third-order valence-corrected chi connectivity index (χ3v) is 3.42. The molecule has 0 aliphatic rings. The monoisotopic (exact) mass is 272 g/mol. The molecule has 1 aromatic carbocycles. The maximum absolute atomic E-state index is 5.61. The summed E-state index contributed by atoms with van der Waals surface area (Å²) in [5.41, 5.74) is 6.64. The van der Waals surface area contributed by atoms with Crippen molar-refractivity contribution in [2.24, 2.45) is 5.73 Å². The van der Waals surface area contributed by atoms with E-state index in [9.17, 15) is 0 Å². The largest absolute Gasteiger partial charge is 0.324 e. The van der Waals surface area contributed by atoms with E-state index in [1.807, 2.05) is 34.9 Å². The summed E-state index contributed by atoms with van der Waals surface area (Å²) in [7, 11) is 0. The fourth-order valence-electron chi connectivity index (χ4n) is 1.65. The topological polar surface area (TPSA) is 56.7 Å². The minimum absolute atomic E-state index is 0.414. The van der Waals surface area contributed by atoms with Crippen LogP contribution < -0.4 is 5.73 Å². The lowest BCUT2D eigenvalue weighted by Crippen LogP contribution is -2.08. The maximum atomic E-state index is 5.61. The van der Waals surface area contributed by atoms with Gasteiger partial charge in [-0.25, -0.2) is 0 Å². The van der Waals surface area contributed by atoms with E-state index in [0.717, 1.165) is 23.1 Å². The number of hydrogen-bond donors (Lipinski definition) is 1. The van der Waals surface area contributed by atoms with Crippen LogP contribution in [0.2, 0.25) is 0 Å². The zero-order chi connectivity index (χ0) is 13.5. The number of thioether (sulfide) groups is 1. The van der Waals surface area contributed by atoms with Crippen LogP contribution in [0.25, 0.3) is 0 Å². The summed E-state index contributed by atoms with van der Waals surface area (Å²) < 4.78 is 2.02. The second-order valence-corrected chi connectivity index (χ2v) is 4.75. The molecule has 0 atom stereocenters. The van der Waals surface area contributed by atoms with Crippen molar-refractivity contribution in [2.75, 3.05) is 5.75 Å². The zero-order valence-electron chi connectivity index (χ0n) is 10.8. The number of nitrogens with two attached hydrogens (primary N) is 1. The van der Waals surface area contributed by atoms with Crippen molar-refractivity contribution in [2.45, 2.75) is 25.2 Å². The van der Waals surface area contributed by atoms with Gasteiger partial charge in [0.15, 0.2) is 5.16 Å². The molecular weight excluding hydrogens is 256 g/mol. The van der Waals surface area contributed by atoms with Gasteiger partial charge in [0.25, 0.3) is 0 Å². The lowest BCUT2D eigenvalue weighted by atomic mass is 10.2. The summed E-state index contributed by atoms with van der Waals surface area (Å²) in [6.45, 7) is 3.30. The van der Waals surface area contributed by atoms with Crippen molar-refractivity contribution in [1.29, 1.82) is 0 Å². The predicted octanol–water partition coefficient (Wildman–Crippen LogP) is 1.90. The molecule has 1 aromatic heterocycles. The summed E-state index contributed by atoms with van der Waals surface area (Å²) in [5.74, 6) is 7.76. The summed E-state index contributed by atoms with van der Waals surface area (Å²) in [6, 6.07) is 9.95. The molecule has 2 rings (SSSR count). The second kappa shape index (κ2) is 6.98. The molecule has 0 saturated carbocycles. The third kappa shape index (κ3) is 3.60. The number of rotatable bonds is 4. The van der Waals surface area contributed by atoms with Crippen LogP contribution >= 0.6 is 11.8 Å². The molecule has 19 heavy (non-hydrogen) atoms. The minimum Gasteiger partial charge on any atom is -0.324 e. The standard InChI is InChI=1S/C14H16N4S/c1-2-18-13(11-15)16-17-14(18)19-10-6-9-12-7-4-3-5-8-12/h3-5,7-8H,2,10-11,15H2,1H3. The van der Waals surface area contributed by atoms with Crippen LogP contribution in [0.4, 0.5) is 0 Å². The molecule has 0 amide bonds. The molecule has 2 N–H and O–H groups in total. The van der Waals surface area contributed by atoms with Crippen molar-refractivity contribution in [3.8, 4) is 11.8 Å². The smallest absolute Gasteiger partial charge is 0.192 e. The van der Waals surface area contributed by atoms with E-state index in [0.29, 0.717) is 12.3 Å². The first kappa shape index (κ1) is 13.7. The number of aromatic nitrogens is 3. The molecule has 98 valence electrons. The molecule has 0 aliphatic carbocycles. The predicted molar refractivity (Wildman–Crippen MR) is 77.6 cm³/mol. The first-order valence-corrected chi connectivity index (χ1v) is 7.12. The molecule has 0 aliphatic heterocycles. The second-order valence-electron chi connectivity index (χ2n) is 3.80. The average molecular weight is 272 g/mol. The van der Waals surface area contributed by atoms with Gasteiger partial charge in [-0.1, -0.05) is 41.8 Å². The van der Waals surface area contributed by atoms with E-state index in [-0.39, 0.29) is 0 Å². The summed E-state index contributed by atoms with van der Waals surface area (Å²) >= 11 is 1.59. The van der Waals surface area contributed by atoms with Crippen molar-refractivity contribution in [1.82, 2.24) is 14.8 Å². The van der Waals surface area contributed by atoms with E-state index in [2.05, 4.69) is 29.0 Å². The molecule has 0 unspecified atom stereocenters. The van der Waals surface area contributed by atoms with Crippen LogP contribution in [-0.4, -0.2) is 20.5 Å². The van der Waals surface area contributed by atoms with Crippen LogP contribution in [0.5, 0.6) is 0 Å². The Kier molecular flexibility index (Phi) is 5.01. The first-order valence-electron chi connectivity index (χ1n) is 6.14. The number of hydrogen-bond acceptors (Lipinski definition) is 4.